The standard InChI is InChI=1S/C14H11NO4S2/c16-13-12(15-14(20-13)21(17,18)19)8-9-5-6-10-3-1-2-4-11(10)7-9/h1-8,14-15H,(H,17,18,19). The first-order chi connectivity index (χ1) is 9.93. The Bertz CT molecular complexity index is 858. The van der Waals surface area contributed by atoms with Crippen LogP contribution in [0.25, 0.3) is 16.8 Å². The molecule has 1 fully saturated rings. The molecule has 0 aliphatic carbocycles. The molecule has 0 aromatic heterocycles. The number of carbonyl (C=O) groups is 1. The first-order valence-electron chi connectivity index (χ1n) is 6.08. The number of rotatable bonds is 2. The number of fused-ring (bicyclic) bond motifs is 1. The van der Waals surface area contributed by atoms with Gasteiger partial charge in [0.1, 0.15) is 0 Å². The van der Waals surface area contributed by atoms with Gasteiger partial charge in [0.05, 0.1) is 5.70 Å². The van der Waals surface area contributed by atoms with Crippen LogP contribution in [0, 0.1) is 0 Å². The molecule has 1 aliphatic heterocycles. The third-order valence-corrected chi connectivity index (χ3v) is 5.51. The van der Waals surface area contributed by atoms with Crippen LogP contribution in [-0.2, 0) is 14.9 Å². The summed E-state index contributed by atoms with van der Waals surface area (Å²) in [6.45, 7) is 0. The summed E-state index contributed by atoms with van der Waals surface area (Å²) in [5.41, 5.74) is 0.944. The molecule has 0 bridgehead atoms. The maximum atomic E-state index is 11.8. The maximum absolute atomic E-state index is 11.8. The second-order valence-corrected chi connectivity index (χ2v) is 7.44. The third-order valence-electron chi connectivity index (χ3n) is 3.06. The van der Waals surface area contributed by atoms with Gasteiger partial charge in [-0.25, -0.2) is 0 Å². The molecule has 5 nitrogen and oxygen atoms in total. The van der Waals surface area contributed by atoms with Gasteiger partial charge in [-0.2, -0.15) is 8.42 Å². The van der Waals surface area contributed by atoms with Gasteiger partial charge in [0.25, 0.3) is 10.1 Å². The van der Waals surface area contributed by atoms with Crippen LogP contribution in [0.5, 0.6) is 0 Å². The minimum atomic E-state index is -4.31. The number of hydrogen-bond donors (Lipinski definition) is 2. The Labute approximate surface area is 125 Å². The van der Waals surface area contributed by atoms with Crippen LogP contribution in [0.4, 0.5) is 0 Å². The molecule has 0 radical (unpaired) electrons. The summed E-state index contributed by atoms with van der Waals surface area (Å²) in [6.07, 6.45) is 1.58. The van der Waals surface area contributed by atoms with E-state index in [0.717, 1.165) is 16.3 Å². The second-order valence-electron chi connectivity index (χ2n) is 4.56. The Kier molecular flexibility index (Phi) is 3.48. The average molecular weight is 321 g/mol. The van der Waals surface area contributed by atoms with Gasteiger partial charge in [-0.1, -0.05) is 36.4 Å². The van der Waals surface area contributed by atoms with E-state index in [1.54, 1.807) is 6.08 Å². The van der Waals surface area contributed by atoms with E-state index < -0.39 is 19.9 Å². The molecular weight excluding hydrogens is 310 g/mol. The van der Waals surface area contributed by atoms with Gasteiger partial charge in [-0.05, 0) is 40.2 Å². The van der Waals surface area contributed by atoms with E-state index in [9.17, 15) is 13.2 Å². The highest BCUT2D eigenvalue weighted by Gasteiger charge is 2.35. The van der Waals surface area contributed by atoms with Gasteiger partial charge in [0.2, 0.25) is 9.82 Å². The summed E-state index contributed by atoms with van der Waals surface area (Å²) in [4.78, 5) is 11.8. The van der Waals surface area contributed by atoms with Crippen molar-refractivity contribution in [3.8, 4) is 0 Å². The van der Waals surface area contributed by atoms with Crippen LogP contribution in [0.15, 0.2) is 48.2 Å². The van der Waals surface area contributed by atoms with E-state index in [4.69, 9.17) is 4.55 Å². The van der Waals surface area contributed by atoms with Gasteiger partial charge >= 0.3 is 0 Å². The fraction of sp³-hybridized carbons (Fsp3) is 0.0714. The summed E-state index contributed by atoms with van der Waals surface area (Å²) < 4.78 is 29.7. The van der Waals surface area contributed by atoms with Crippen LogP contribution >= 0.6 is 11.8 Å². The Hall–Kier alpha value is -1.83. The largest absolute Gasteiger partial charge is 0.355 e. The molecule has 108 valence electrons. The molecule has 1 heterocycles. The lowest BCUT2D eigenvalue weighted by molar-refractivity contribution is -0.107. The molecule has 2 N–H and O–H groups in total. The van der Waals surface area contributed by atoms with Gasteiger partial charge in [-0.3, -0.25) is 9.35 Å². The van der Waals surface area contributed by atoms with E-state index in [1.807, 2.05) is 42.5 Å². The van der Waals surface area contributed by atoms with E-state index in [2.05, 4.69) is 5.32 Å². The van der Waals surface area contributed by atoms with Crippen molar-refractivity contribution in [1.29, 1.82) is 0 Å². The molecule has 2 aromatic rings. The molecule has 3 rings (SSSR count). The third kappa shape index (κ3) is 2.94. The van der Waals surface area contributed by atoms with Crippen molar-refractivity contribution in [3.63, 3.8) is 0 Å². The highest BCUT2D eigenvalue weighted by Crippen LogP contribution is 2.28. The lowest BCUT2D eigenvalue weighted by Crippen LogP contribution is -2.27. The fourth-order valence-corrected chi connectivity index (χ4v) is 3.73. The minimum absolute atomic E-state index is 0.165. The highest BCUT2D eigenvalue weighted by atomic mass is 32.3. The summed E-state index contributed by atoms with van der Waals surface area (Å²) in [6, 6.07) is 13.5. The average Bonchev–Trinajstić information content (AvgIpc) is 2.80. The second kappa shape index (κ2) is 5.18. The quantitative estimate of drug-likeness (QED) is 0.652. The predicted octanol–water partition coefficient (Wildman–Crippen LogP) is 2.22. The van der Waals surface area contributed by atoms with Crippen molar-refractivity contribution in [2.45, 2.75) is 4.71 Å². The number of nitrogens with one attached hydrogen (secondary N) is 1. The number of carbonyl (C=O) groups excluding carboxylic acids is 1. The smallest absolute Gasteiger partial charge is 0.296 e. The lowest BCUT2D eigenvalue weighted by Gasteiger charge is -2.04. The van der Waals surface area contributed by atoms with Crippen LogP contribution < -0.4 is 5.32 Å². The van der Waals surface area contributed by atoms with E-state index in [1.165, 1.54) is 0 Å². The molecular formula is C14H11NO4S2. The van der Waals surface area contributed by atoms with Crippen LogP contribution in [0.1, 0.15) is 5.56 Å². The van der Waals surface area contributed by atoms with Crippen molar-refractivity contribution in [2.24, 2.45) is 0 Å². The van der Waals surface area contributed by atoms with E-state index in [0.29, 0.717) is 11.8 Å². The van der Waals surface area contributed by atoms with Crippen molar-refractivity contribution in [3.05, 3.63) is 53.7 Å². The van der Waals surface area contributed by atoms with Crippen molar-refractivity contribution >= 4 is 43.8 Å². The molecule has 1 aliphatic rings. The van der Waals surface area contributed by atoms with Crippen LogP contribution in [0.2, 0.25) is 0 Å². The zero-order valence-electron chi connectivity index (χ0n) is 10.7. The van der Waals surface area contributed by atoms with E-state index in [-0.39, 0.29) is 5.70 Å². The number of thioether (sulfide) groups is 1. The van der Waals surface area contributed by atoms with Crippen molar-refractivity contribution in [2.75, 3.05) is 0 Å². The predicted molar refractivity (Wildman–Crippen MR) is 83.0 cm³/mol. The molecule has 0 spiro atoms. The van der Waals surface area contributed by atoms with Gasteiger partial charge < -0.3 is 5.32 Å². The first kappa shape index (κ1) is 14.1. The molecule has 1 atom stereocenters. The van der Waals surface area contributed by atoms with Crippen molar-refractivity contribution < 1.29 is 17.8 Å². The van der Waals surface area contributed by atoms with Crippen molar-refractivity contribution in [1.82, 2.24) is 5.32 Å². The topological polar surface area (TPSA) is 83.5 Å². The normalized spacial score (nSPS) is 20.9. The molecule has 21 heavy (non-hydrogen) atoms. The summed E-state index contributed by atoms with van der Waals surface area (Å²) in [5, 5.41) is 4.21. The molecule has 7 heteroatoms. The zero-order chi connectivity index (χ0) is 15.0. The van der Waals surface area contributed by atoms with Crippen LogP contribution in [-0.4, -0.2) is 22.8 Å². The zero-order valence-corrected chi connectivity index (χ0v) is 12.3. The molecule has 1 saturated heterocycles. The fourth-order valence-electron chi connectivity index (χ4n) is 2.08. The lowest BCUT2D eigenvalue weighted by atomic mass is 10.1. The molecule has 2 aromatic carbocycles. The van der Waals surface area contributed by atoms with Gasteiger partial charge in [0, 0.05) is 0 Å². The molecule has 1 unspecified atom stereocenters. The Morgan fingerprint density at radius 1 is 1.14 bits per heavy atom. The maximum Gasteiger partial charge on any atom is 0.296 e. The van der Waals surface area contributed by atoms with Gasteiger partial charge in [0.15, 0.2) is 0 Å². The SMILES string of the molecule is O=C1SC(S(=O)(=O)O)NC1=Cc1ccc2ccccc2c1. The minimum Gasteiger partial charge on any atom is -0.355 e. The monoisotopic (exact) mass is 321 g/mol. The Balaban J connectivity index is 1.95. The summed E-state index contributed by atoms with van der Waals surface area (Å²) in [5.74, 6) is 0. The first-order valence-corrected chi connectivity index (χ1v) is 8.46. The van der Waals surface area contributed by atoms with E-state index >= 15 is 0 Å². The molecule has 0 amide bonds. The number of hydrogen-bond acceptors (Lipinski definition) is 5. The summed E-state index contributed by atoms with van der Waals surface area (Å²) in [7, 11) is -4.31. The Morgan fingerprint density at radius 2 is 1.86 bits per heavy atom. The molecule has 0 saturated carbocycles. The van der Waals surface area contributed by atoms with Gasteiger partial charge in [-0.15, -0.1) is 0 Å². The highest BCUT2D eigenvalue weighted by molar-refractivity contribution is 8.22. The van der Waals surface area contributed by atoms with Crippen LogP contribution in [0.3, 0.4) is 0 Å². The Morgan fingerprint density at radius 3 is 2.52 bits per heavy atom. The number of benzene rings is 2. The summed E-state index contributed by atoms with van der Waals surface area (Å²) >= 11 is 0.547.